The minimum atomic E-state index is -3.32. The summed E-state index contributed by atoms with van der Waals surface area (Å²) in [6.07, 6.45) is -2.27. The number of aliphatic carboxylic acids is 1. The van der Waals surface area contributed by atoms with Crippen molar-refractivity contribution in [1.82, 2.24) is 0 Å². The van der Waals surface area contributed by atoms with Crippen molar-refractivity contribution in [3.8, 4) is 11.8 Å². The first-order chi connectivity index (χ1) is 9.27. The smallest absolute Gasteiger partial charge is 0.387 e. The second-order valence-electron chi connectivity index (χ2n) is 3.40. The van der Waals surface area contributed by atoms with Crippen molar-refractivity contribution < 1.29 is 33.4 Å². The van der Waals surface area contributed by atoms with Crippen LogP contribution in [-0.4, -0.2) is 27.7 Å². The number of nitro groups is 1. The van der Waals surface area contributed by atoms with Gasteiger partial charge in [-0.2, -0.15) is 14.0 Å². The van der Waals surface area contributed by atoms with Crippen LogP contribution >= 0.6 is 0 Å². The Hall–Kier alpha value is -2.80. The number of benzene rings is 1. The molecule has 0 radical (unpaired) electrons. The van der Waals surface area contributed by atoms with Crippen molar-refractivity contribution >= 4 is 11.7 Å². The molecule has 1 aromatic carbocycles. The van der Waals surface area contributed by atoms with Gasteiger partial charge in [-0.15, -0.1) is 0 Å². The molecule has 0 bridgehead atoms. The average molecular weight is 288 g/mol. The van der Waals surface area contributed by atoms with Gasteiger partial charge < -0.3 is 14.9 Å². The minimum absolute atomic E-state index is 0.464. The molecule has 0 aliphatic carbocycles. The van der Waals surface area contributed by atoms with Crippen molar-refractivity contribution in [3.63, 3.8) is 0 Å². The van der Waals surface area contributed by atoms with E-state index < -0.39 is 46.2 Å². The van der Waals surface area contributed by atoms with Crippen LogP contribution in [0.5, 0.6) is 5.75 Å². The van der Waals surface area contributed by atoms with Gasteiger partial charge in [-0.3, -0.25) is 10.1 Å². The van der Waals surface area contributed by atoms with E-state index in [1.807, 2.05) is 0 Å². The van der Waals surface area contributed by atoms with E-state index in [9.17, 15) is 28.8 Å². The van der Waals surface area contributed by atoms with E-state index in [1.165, 1.54) is 6.07 Å². The van der Waals surface area contributed by atoms with E-state index in [2.05, 4.69) is 4.74 Å². The van der Waals surface area contributed by atoms with Gasteiger partial charge in [0.1, 0.15) is 6.07 Å². The molecule has 1 rings (SSSR count). The summed E-state index contributed by atoms with van der Waals surface area (Å²) in [6.45, 7) is -3.32. The molecular formula is C10H6F2N2O6. The molecule has 20 heavy (non-hydrogen) atoms. The molecule has 106 valence electrons. The summed E-state index contributed by atoms with van der Waals surface area (Å²) in [6, 6.07) is 2.50. The highest BCUT2D eigenvalue weighted by Crippen LogP contribution is 2.33. The van der Waals surface area contributed by atoms with Crippen molar-refractivity contribution in [2.45, 2.75) is 12.7 Å². The first-order valence-electron chi connectivity index (χ1n) is 4.86. The van der Waals surface area contributed by atoms with Crippen molar-refractivity contribution in [2.24, 2.45) is 0 Å². The molecule has 0 amide bonds. The highest BCUT2D eigenvalue weighted by molar-refractivity contribution is 5.76. The molecule has 0 heterocycles. The highest BCUT2D eigenvalue weighted by Gasteiger charge is 2.29. The zero-order valence-electron chi connectivity index (χ0n) is 9.49. The summed E-state index contributed by atoms with van der Waals surface area (Å²) in [5.41, 5.74) is -2.22. The van der Waals surface area contributed by atoms with Crippen LogP contribution in [0.4, 0.5) is 14.5 Å². The Bertz CT molecular complexity index is 598. The second-order valence-corrected chi connectivity index (χ2v) is 3.40. The number of nitriles is 1. The third-order valence-electron chi connectivity index (χ3n) is 2.19. The van der Waals surface area contributed by atoms with Crippen LogP contribution in [0.25, 0.3) is 0 Å². The molecule has 8 nitrogen and oxygen atoms in total. The summed E-state index contributed by atoms with van der Waals surface area (Å²) >= 11 is 0. The summed E-state index contributed by atoms with van der Waals surface area (Å²) < 4.78 is 28.2. The predicted octanol–water partition coefficient (Wildman–Crippen LogP) is 1.19. The van der Waals surface area contributed by atoms with Crippen LogP contribution in [0.15, 0.2) is 12.1 Å². The summed E-state index contributed by atoms with van der Waals surface area (Å²) in [7, 11) is 0. The van der Waals surface area contributed by atoms with Crippen LogP contribution in [0, 0.1) is 21.4 Å². The predicted molar refractivity (Wildman–Crippen MR) is 57.0 cm³/mol. The molecule has 2 N–H and O–H groups in total. The Labute approximate surface area is 109 Å². The third kappa shape index (κ3) is 3.15. The van der Waals surface area contributed by atoms with Crippen molar-refractivity contribution in [3.05, 3.63) is 33.4 Å². The Morgan fingerprint density at radius 3 is 2.50 bits per heavy atom. The number of carboxylic acids is 1. The molecule has 0 saturated heterocycles. The summed E-state index contributed by atoms with van der Waals surface area (Å²) in [5.74, 6) is -2.57. The fourth-order valence-corrected chi connectivity index (χ4v) is 1.38. The normalized spacial score (nSPS) is 11.8. The quantitative estimate of drug-likeness (QED) is 0.613. The lowest BCUT2D eigenvalue weighted by Gasteiger charge is -2.11. The first-order valence-corrected chi connectivity index (χ1v) is 4.86. The molecule has 0 aliphatic heterocycles. The Balaban J connectivity index is 3.50. The number of ether oxygens (including phenoxy) is 1. The van der Waals surface area contributed by atoms with Crippen LogP contribution < -0.4 is 4.74 Å². The largest absolute Gasteiger partial charge is 0.479 e. The average Bonchev–Trinajstić information content (AvgIpc) is 2.36. The molecule has 1 unspecified atom stereocenters. The van der Waals surface area contributed by atoms with Crippen LogP contribution in [0.3, 0.4) is 0 Å². The number of aliphatic hydroxyl groups is 1. The SMILES string of the molecule is N#Cc1cc(C(O)C(=O)O)c([N+](=O)[O-])cc1OC(F)F. The van der Waals surface area contributed by atoms with Gasteiger partial charge in [-0.1, -0.05) is 0 Å². The maximum atomic E-state index is 12.1. The summed E-state index contributed by atoms with van der Waals surface area (Å²) in [4.78, 5) is 20.3. The van der Waals surface area contributed by atoms with E-state index in [4.69, 9.17) is 10.4 Å². The van der Waals surface area contributed by atoms with Gasteiger partial charge in [-0.25, -0.2) is 4.79 Å². The zero-order chi connectivity index (χ0) is 15.4. The first kappa shape index (κ1) is 15.3. The lowest BCUT2D eigenvalue weighted by Crippen LogP contribution is -2.13. The number of aliphatic hydroxyl groups excluding tert-OH is 1. The topological polar surface area (TPSA) is 134 Å². The van der Waals surface area contributed by atoms with Gasteiger partial charge in [0.25, 0.3) is 5.69 Å². The number of carbonyl (C=O) groups is 1. The Kier molecular flexibility index (Phi) is 4.50. The zero-order valence-corrected chi connectivity index (χ0v) is 9.49. The molecule has 0 aliphatic rings. The van der Waals surface area contributed by atoms with Crippen LogP contribution in [0.2, 0.25) is 0 Å². The Morgan fingerprint density at radius 1 is 1.50 bits per heavy atom. The number of carboxylic acid groups (broad SMARTS) is 1. The van der Waals surface area contributed by atoms with Crippen molar-refractivity contribution in [1.29, 1.82) is 5.26 Å². The van der Waals surface area contributed by atoms with Gasteiger partial charge in [0, 0.05) is 0 Å². The molecule has 0 spiro atoms. The number of nitro benzene ring substituents is 1. The standard InChI is InChI=1S/C10H6F2N2O6/c11-10(12)20-7-2-6(14(18)19)5(1-4(7)3-13)8(15)9(16)17/h1-2,8,10,15H,(H,16,17). The number of halogens is 2. The second kappa shape index (κ2) is 5.89. The van der Waals surface area contributed by atoms with E-state index in [1.54, 1.807) is 0 Å². The lowest BCUT2D eigenvalue weighted by molar-refractivity contribution is -0.386. The van der Waals surface area contributed by atoms with Crippen LogP contribution in [0.1, 0.15) is 17.2 Å². The highest BCUT2D eigenvalue weighted by atomic mass is 19.3. The number of hydrogen-bond acceptors (Lipinski definition) is 6. The number of hydrogen-bond donors (Lipinski definition) is 2. The fourth-order valence-electron chi connectivity index (χ4n) is 1.38. The van der Waals surface area contributed by atoms with Gasteiger partial charge in [0.15, 0.2) is 11.9 Å². The van der Waals surface area contributed by atoms with E-state index >= 15 is 0 Å². The molecule has 1 aromatic rings. The molecule has 1 atom stereocenters. The minimum Gasteiger partial charge on any atom is -0.479 e. The molecule has 0 saturated carbocycles. The summed E-state index contributed by atoms with van der Waals surface area (Å²) in [5, 5.41) is 37.4. The fraction of sp³-hybridized carbons (Fsp3) is 0.200. The van der Waals surface area contributed by atoms with Gasteiger partial charge in [-0.05, 0) is 6.07 Å². The monoisotopic (exact) mass is 288 g/mol. The lowest BCUT2D eigenvalue weighted by atomic mass is 10.0. The van der Waals surface area contributed by atoms with E-state index in [-0.39, 0.29) is 0 Å². The number of rotatable bonds is 5. The van der Waals surface area contributed by atoms with Crippen LogP contribution in [-0.2, 0) is 4.79 Å². The Morgan fingerprint density at radius 2 is 2.10 bits per heavy atom. The molecular weight excluding hydrogens is 282 g/mol. The van der Waals surface area contributed by atoms with E-state index in [0.717, 1.165) is 0 Å². The number of nitrogens with zero attached hydrogens (tertiary/aromatic N) is 2. The maximum absolute atomic E-state index is 12.1. The molecule has 0 aromatic heterocycles. The van der Waals surface area contributed by atoms with Gasteiger partial charge in [0.05, 0.1) is 22.1 Å². The van der Waals surface area contributed by atoms with E-state index in [0.29, 0.717) is 12.1 Å². The van der Waals surface area contributed by atoms with Gasteiger partial charge >= 0.3 is 12.6 Å². The molecule has 0 fully saturated rings. The molecule has 10 heteroatoms. The van der Waals surface area contributed by atoms with Gasteiger partial charge in [0.2, 0.25) is 0 Å². The van der Waals surface area contributed by atoms with Crippen molar-refractivity contribution in [2.75, 3.05) is 0 Å². The maximum Gasteiger partial charge on any atom is 0.387 e. The third-order valence-corrected chi connectivity index (χ3v) is 2.19. The number of alkyl halides is 2.